The molecule has 0 saturated carbocycles. The molecule has 1 heterocycles. The van der Waals surface area contributed by atoms with Crippen molar-refractivity contribution < 1.29 is 9.32 Å². The Labute approximate surface area is 65.6 Å². The number of carbonyl (C=O) groups is 1. The molecule has 11 heavy (non-hydrogen) atoms. The van der Waals surface area contributed by atoms with Crippen LogP contribution in [0.25, 0.3) is 0 Å². The van der Waals surface area contributed by atoms with Crippen molar-refractivity contribution in [2.45, 2.75) is 27.7 Å². The van der Waals surface area contributed by atoms with Gasteiger partial charge in [-0.3, -0.25) is 4.79 Å². The standard InChI is InChI=1S/C5H6N2O2.C2H6/c1-3(8)5-6-4(2)9-7-5;1-2/h1-2H3;1-2H3. The second kappa shape index (κ2) is 4.60. The van der Waals surface area contributed by atoms with Crippen molar-refractivity contribution in [3.63, 3.8) is 0 Å². The molecule has 0 amide bonds. The van der Waals surface area contributed by atoms with Crippen molar-refractivity contribution >= 4 is 5.78 Å². The molecule has 0 aliphatic heterocycles. The topological polar surface area (TPSA) is 56.0 Å². The van der Waals surface area contributed by atoms with E-state index in [0.29, 0.717) is 5.89 Å². The van der Waals surface area contributed by atoms with Crippen LogP contribution >= 0.6 is 0 Å². The fourth-order valence-corrected chi connectivity index (χ4v) is 0.442. The molecule has 0 bridgehead atoms. The maximum absolute atomic E-state index is 10.5. The Bertz CT molecular complexity index is 230. The van der Waals surface area contributed by atoms with Gasteiger partial charge >= 0.3 is 0 Å². The molecule has 1 aromatic heterocycles. The first-order valence-electron chi connectivity index (χ1n) is 3.51. The lowest BCUT2D eigenvalue weighted by Crippen LogP contribution is -1.93. The molecule has 0 fully saturated rings. The number of hydrogen-bond donors (Lipinski definition) is 0. The van der Waals surface area contributed by atoms with Crippen LogP contribution in [0.5, 0.6) is 0 Å². The number of nitrogens with zero attached hydrogens (tertiary/aromatic N) is 2. The molecule has 0 aromatic carbocycles. The van der Waals surface area contributed by atoms with Gasteiger partial charge in [0.1, 0.15) is 0 Å². The molecule has 0 saturated heterocycles. The Morgan fingerprint density at radius 2 is 2.00 bits per heavy atom. The van der Waals surface area contributed by atoms with Crippen molar-refractivity contribution in [3.05, 3.63) is 11.7 Å². The highest BCUT2D eigenvalue weighted by Crippen LogP contribution is 1.94. The van der Waals surface area contributed by atoms with Crippen molar-refractivity contribution in [3.8, 4) is 0 Å². The summed E-state index contributed by atoms with van der Waals surface area (Å²) in [5, 5.41) is 3.38. The summed E-state index contributed by atoms with van der Waals surface area (Å²) in [5.41, 5.74) is 0. The lowest BCUT2D eigenvalue weighted by molar-refractivity contribution is 0.100. The van der Waals surface area contributed by atoms with Gasteiger partial charge in [-0.1, -0.05) is 19.0 Å². The van der Waals surface area contributed by atoms with Gasteiger partial charge in [0.2, 0.25) is 17.5 Å². The Morgan fingerprint density at radius 1 is 1.45 bits per heavy atom. The van der Waals surface area contributed by atoms with E-state index in [-0.39, 0.29) is 11.6 Å². The van der Waals surface area contributed by atoms with E-state index in [1.54, 1.807) is 6.92 Å². The first-order chi connectivity index (χ1) is 5.20. The molecule has 1 rings (SSSR count). The number of rotatable bonds is 1. The van der Waals surface area contributed by atoms with E-state index in [4.69, 9.17) is 0 Å². The highest BCUT2D eigenvalue weighted by Gasteiger charge is 2.05. The van der Waals surface area contributed by atoms with Crippen LogP contribution in [0.2, 0.25) is 0 Å². The second-order valence-corrected chi connectivity index (χ2v) is 1.69. The van der Waals surface area contributed by atoms with Gasteiger partial charge in [0.05, 0.1) is 0 Å². The van der Waals surface area contributed by atoms with E-state index in [9.17, 15) is 4.79 Å². The molecule has 0 N–H and O–H groups in total. The third-order valence-electron chi connectivity index (χ3n) is 0.842. The van der Waals surface area contributed by atoms with E-state index in [0.717, 1.165) is 0 Å². The zero-order valence-electron chi connectivity index (χ0n) is 7.21. The SMILES string of the molecule is CC.CC(=O)c1noc(C)n1. The maximum atomic E-state index is 10.5. The van der Waals surface area contributed by atoms with Crippen LogP contribution in [0.3, 0.4) is 0 Å². The molecule has 62 valence electrons. The minimum atomic E-state index is -0.174. The number of aromatic nitrogens is 2. The third kappa shape index (κ3) is 2.93. The summed E-state index contributed by atoms with van der Waals surface area (Å²) < 4.78 is 4.54. The normalized spacial score (nSPS) is 8.36. The minimum absolute atomic E-state index is 0.146. The Balaban J connectivity index is 0.000000461. The summed E-state index contributed by atoms with van der Waals surface area (Å²) in [6, 6.07) is 0. The molecule has 0 radical (unpaired) electrons. The first kappa shape index (κ1) is 9.81. The van der Waals surface area contributed by atoms with E-state index < -0.39 is 0 Å². The van der Waals surface area contributed by atoms with Crippen LogP contribution in [0.4, 0.5) is 0 Å². The summed E-state index contributed by atoms with van der Waals surface area (Å²) >= 11 is 0. The fraction of sp³-hybridized carbons (Fsp3) is 0.571. The van der Waals surface area contributed by atoms with E-state index in [2.05, 4.69) is 14.7 Å². The van der Waals surface area contributed by atoms with Crippen molar-refractivity contribution in [2.75, 3.05) is 0 Å². The van der Waals surface area contributed by atoms with Crippen LogP contribution < -0.4 is 0 Å². The van der Waals surface area contributed by atoms with E-state index >= 15 is 0 Å². The van der Waals surface area contributed by atoms with Crippen LogP contribution in [0.15, 0.2) is 4.52 Å². The molecule has 0 unspecified atom stereocenters. The summed E-state index contributed by atoms with van der Waals surface area (Å²) in [6.45, 7) is 7.03. The van der Waals surface area contributed by atoms with Gasteiger partial charge in [-0.15, -0.1) is 0 Å². The van der Waals surface area contributed by atoms with Gasteiger partial charge in [-0.2, -0.15) is 4.98 Å². The molecule has 0 aliphatic rings. The average molecular weight is 156 g/mol. The second-order valence-electron chi connectivity index (χ2n) is 1.69. The Hall–Kier alpha value is -1.19. The van der Waals surface area contributed by atoms with E-state index in [1.807, 2.05) is 13.8 Å². The predicted octanol–water partition coefficient (Wildman–Crippen LogP) is 1.61. The largest absolute Gasteiger partial charge is 0.339 e. The Kier molecular flexibility index (Phi) is 4.10. The molecular weight excluding hydrogens is 144 g/mol. The molecule has 1 aromatic rings. The summed E-state index contributed by atoms with van der Waals surface area (Å²) in [5.74, 6) is 0.388. The van der Waals surface area contributed by atoms with Crippen molar-refractivity contribution in [1.29, 1.82) is 0 Å². The highest BCUT2D eigenvalue weighted by atomic mass is 16.5. The smallest absolute Gasteiger partial charge is 0.238 e. The maximum Gasteiger partial charge on any atom is 0.238 e. The predicted molar refractivity (Wildman–Crippen MR) is 40.4 cm³/mol. The van der Waals surface area contributed by atoms with Gasteiger partial charge in [0.15, 0.2) is 0 Å². The first-order valence-corrected chi connectivity index (χ1v) is 3.51. The van der Waals surface area contributed by atoms with Crippen LogP contribution in [-0.4, -0.2) is 15.9 Å². The zero-order chi connectivity index (χ0) is 8.85. The molecule has 4 nitrogen and oxygen atoms in total. The van der Waals surface area contributed by atoms with Gasteiger partial charge in [0.25, 0.3) is 0 Å². The van der Waals surface area contributed by atoms with Gasteiger partial charge in [-0.05, 0) is 0 Å². The average Bonchev–Trinajstić information content (AvgIpc) is 2.40. The van der Waals surface area contributed by atoms with Crippen molar-refractivity contribution in [2.24, 2.45) is 0 Å². The van der Waals surface area contributed by atoms with Crippen LogP contribution in [-0.2, 0) is 0 Å². The van der Waals surface area contributed by atoms with Gasteiger partial charge in [-0.25, -0.2) is 0 Å². The van der Waals surface area contributed by atoms with E-state index in [1.165, 1.54) is 6.92 Å². The quantitative estimate of drug-likeness (QED) is 0.579. The number of ketones is 1. The number of Topliss-reactive ketones (excluding diaryl/α,β-unsaturated/α-hetero) is 1. The molecule has 0 atom stereocenters. The lowest BCUT2D eigenvalue weighted by atomic mass is 10.4. The number of aryl methyl sites for hydroxylation is 1. The third-order valence-corrected chi connectivity index (χ3v) is 0.842. The molecular formula is C7H12N2O2. The lowest BCUT2D eigenvalue weighted by Gasteiger charge is -1.75. The molecule has 0 spiro atoms. The highest BCUT2D eigenvalue weighted by molar-refractivity contribution is 5.89. The molecule has 4 heteroatoms. The molecule has 0 aliphatic carbocycles. The van der Waals surface area contributed by atoms with Crippen LogP contribution in [0, 0.1) is 6.92 Å². The summed E-state index contributed by atoms with van der Waals surface area (Å²) in [7, 11) is 0. The van der Waals surface area contributed by atoms with Crippen molar-refractivity contribution in [1.82, 2.24) is 10.1 Å². The van der Waals surface area contributed by atoms with Gasteiger partial charge in [0, 0.05) is 13.8 Å². The minimum Gasteiger partial charge on any atom is -0.339 e. The number of hydrogen-bond acceptors (Lipinski definition) is 4. The van der Waals surface area contributed by atoms with Crippen LogP contribution in [0.1, 0.15) is 37.3 Å². The monoisotopic (exact) mass is 156 g/mol. The zero-order valence-corrected chi connectivity index (χ0v) is 7.21. The Morgan fingerprint density at radius 3 is 2.18 bits per heavy atom. The number of carbonyl (C=O) groups excluding carboxylic acids is 1. The summed E-state index contributed by atoms with van der Waals surface area (Å²) in [6.07, 6.45) is 0. The summed E-state index contributed by atoms with van der Waals surface area (Å²) in [4.78, 5) is 14.2. The fourth-order valence-electron chi connectivity index (χ4n) is 0.442. The van der Waals surface area contributed by atoms with Gasteiger partial charge < -0.3 is 4.52 Å².